The third kappa shape index (κ3) is 3.63. The maximum atomic E-state index is 12.2. The van der Waals surface area contributed by atoms with E-state index >= 15 is 0 Å². The summed E-state index contributed by atoms with van der Waals surface area (Å²) in [6.07, 6.45) is 3.52. The molecule has 1 saturated carbocycles. The Kier molecular flexibility index (Phi) is 4.56. The molecule has 1 aromatic heterocycles. The van der Waals surface area contributed by atoms with Crippen LogP contribution in [-0.4, -0.2) is 25.7 Å². The van der Waals surface area contributed by atoms with Crippen LogP contribution in [0.15, 0.2) is 24.3 Å². The Balaban J connectivity index is 1.48. The number of hydrogen-bond donors (Lipinski definition) is 1. The topological polar surface area (TPSA) is 38.3 Å². The molecule has 21 heavy (non-hydrogen) atoms. The van der Waals surface area contributed by atoms with E-state index in [4.69, 9.17) is 4.74 Å². The van der Waals surface area contributed by atoms with Crippen LogP contribution < -0.4 is 5.32 Å². The number of carbonyl (C=O) groups is 1. The SMILES string of the molecule is Cc1c(C(=O)NCCCOCC2CC2)sc2ccccc12. The summed E-state index contributed by atoms with van der Waals surface area (Å²) in [5.41, 5.74) is 1.08. The highest BCUT2D eigenvalue weighted by Crippen LogP contribution is 2.30. The Hall–Kier alpha value is -1.39. The molecule has 1 amide bonds. The van der Waals surface area contributed by atoms with E-state index in [9.17, 15) is 4.79 Å². The zero-order valence-corrected chi connectivity index (χ0v) is 13.2. The fraction of sp³-hybridized carbons (Fsp3) is 0.471. The summed E-state index contributed by atoms with van der Waals surface area (Å²) in [5.74, 6) is 0.844. The minimum atomic E-state index is 0.0379. The van der Waals surface area contributed by atoms with E-state index in [1.165, 1.54) is 22.9 Å². The molecule has 1 aliphatic rings. The smallest absolute Gasteiger partial charge is 0.261 e. The molecular weight excluding hydrogens is 282 g/mol. The summed E-state index contributed by atoms with van der Waals surface area (Å²) in [6.45, 7) is 4.33. The molecule has 0 atom stereocenters. The number of hydrogen-bond acceptors (Lipinski definition) is 3. The van der Waals surface area contributed by atoms with Crippen LogP contribution in [0.1, 0.15) is 34.5 Å². The number of rotatable bonds is 7. The number of thiophene rings is 1. The minimum absolute atomic E-state index is 0.0379. The second kappa shape index (κ2) is 6.58. The first-order chi connectivity index (χ1) is 10.3. The van der Waals surface area contributed by atoms with Gasteiger partial charge in [-0.3, -0.25) is 4.79 Å². The Labute approximate surface area is 129 Å². The highest BCUT2D eigenvalue weighted by molar-refractivity contribution is 7.21. The molecule has 1 aromatic carbocycles. The molecule has 112 valence electrons. The van der Waals surface area contributed by atoms with Crippen molar-refractivity contribution in [2.75, 3.05) is 19.8 Å². The van der Waals surface area contributed by atoms with E-state index in [1.807, 2.05) is 19.1 Å². The van der Waals surface area contributed by atoms with Gasteiger partial charge in [-0.05, 0) is 49.1 Å². The predicted molar refractivity (Wildman–Crippen MR) is 87.1 cm³/mol. The van der Waals surface area contributed by atoms with E-state index in [2.05, 4.69) is 17.4 Å². The van der Waals surface area contributed by atoms with Gasteiger partial charge in [0.25, 0.3) is 5.91 Å². The Morgan fingerprint density at radius 3 is 2.95 bits per heavy atom. The lowest BCUT2D eigenvalue weighted by Crippen LogP contribution is -2.25. The fourth-order valence-electron chi connectivity index (χ4n) is 2.38. The molecule has 0 unspecified atom stereocenters. The van der Waals surface area contributed by atoms with Crippen molar-refractivity contribution < 1.29 is 9.53 Å². The van der Waals surface area contributed by atoms with Gasteiger partial charge in [0.05, 0.1) is 4.88 Å². The maximum absolute atomic E-state index is 12.2. The molecule has 1 heterocycles. The van der Waals surface area contributed by atoms with Crippen LogP contribution in [0.2, 0.25) is 0 Å². The van der Waals surface area contributed by atoms with Crippen molar-refractivity contribution in [3.8, 4) is 0 Å². The lowest BCUT2D eigenvalue weighted by molar-refractivity contribution is 0.0941. The number of fused-ring (bicyclic) bond motifs is 1. The first kappa shape index (κ1) is 14.5. The van der Waals surface area contributed by atoms with Gasteiger partial charge in [0, 0.05) is 24.5 Å². The van der Waals surface area contributed by atoms with Crippen LogP contribution in [0.25, 0.3) is 10.1 Å². The Morgan fingerprint density at radius 2 is 2.19 bits per heavy atom. The summed E-state index contributed by atoms with van der Waals surface area (Å²) in [7, 11) is 0. The van der Waals surface area contributed by atoms with Gasteiger partial charge in [0.15, 0.2) is 0 Å². The first-order valence-corrected chi connectivity index (χ1v) is 8.41. The molecule has 0 spiro atoms. The highest BCUT2D eigenvalue weighted by Gasteiger charge is 2.20. The second-order valence-corrected chi connectivity index (χ2v) is 6.73. The van der Waals surface area contributed by atoms with Crippen LogP contribution in [-0.2, 0) is 4.74 Å². The highest BCUT2D eigenvalue weighted by atomic mass is 32.1. The summed E-state index contributed by atoms with van der Waals surface area (Å²) in [6, 6.07) is 8.16. The Bertz CT molecular complexity index is 631. The average molecular weight is 303 g/mol. The van der Waals surface area contributed by atoms with E-state index in [0.29, 0.717) is 6.54 Å². The molecule has 1 aliphatic carbocycles. The van der Waals surface area contributed by atoms with Gasteiger partial charge in [-0.2, -0.15) is 0 Å². The van der Waals surface area contributed by atoms with Gasteiger partial charge in [0.2, 0.25) is 0 Å². The molecule has 0 bridgehead atoms. The third-order valence-electron chi connectivity index (χ3n) is 3.85. The van der Waals surface area contributed by atoms with Gasteiger partial charge in [-0.1, -0.05) is 18.2 Å². The number of benzene rings is 1. The van der Waals surface area contributed by atoms with Crippen LogP contribution in [0.5, 0.6) is 0 Å². The van der Waals surface area contributed by atoms with Crippen molar-refractivity contribution in [3.05, 3.63) is 34.7 Å². The summed E-state index contributed by atoms with van der Waals surface area (Å²) >= 11 is 1.57. The van der Waals surface area contributed by atoms with E-state index in [1.54, 1.807) is 11.3 Å². The predicted octanol–water partition coefficient (Wildman–Crippen LogP) is 3.76. The molecule has 3 rings (SSSR count). The quantitative estimate of drug-likeness (QED) is 0.791. The summed E-state index contributed by atoms with van der Waals surface area (Å²) in [4.78, 5) is 13.1. The van der Waals surface area contributed by atoms with E-state index < -0.39 is 0 Å². The van der Waals surface area contributed by atoms with Gasteiger partial charge >= 0.3 is 0 Å². The zero-order chi connectivity index (χ0) is 14.7. The van der Waals surface area contributed by atoms with Crippen LogP contribution >= 0.6 is 11.3 Å². The van der Waals surface area contributed by atoms with Gasteiger partial charge in [-0.15, -0.1) is 11.3 Å². The summed E-state index contributed by atoms with van der Waals surface area (Å²) < 4.78 is 6.74. The van der Waals surface area contributed by atoms with Crippen molar-refractivity contribution in [1.29, 1.82) is 0 Å². The van der Waals surface area contributed by atoms with Crippen molar-refractivity contribution >= 4 is 27.3 Å². The van der Waals surface area contributed by atoms with Crippen LogP contribution in [0.4, 0.5) is 0 Å². The van der Waals surface area contributed by atoms with Gasteiger partial charge in [0.1, 0.15) is 0 Å². The van der Waals surface area contributed by atoms with Crippen molar-refractivity contribution in [1.82, 2.24) is 5.32 Å². The fourth-order valence-corrected chi connectivity index (χ4v) is 3.51. The monoisotopic (exact) mass is 303 g/mol. The van der Waals surface area contributed by atoms with Crippen molar-refractivity contribution in [2.24, 2.45) is 5.92 Å². The number of aryl methyl sites for hydroxylation is 1. The normalized spacial score (nSPS) is 14.5. The largest absolute Gasteiger partial charge is 0.381 e. The van der Waals surface area contributed by atoms with Crippen molar-refractivity contribution in [2.45, 2.75) is 26.2 Å². The molecule has 1 fully saturated rings. The maximum Gasteiger partial charge on any atom is 0.261 e. The molecule has 4 heteroatoms. The lowest BCUT2D eigenvalue weighted by Gasteiger charge is -2.05. The summed E-state index contributed by atoms with van der Waals surface area (Å²) in [5, 5.41) is 4.18. The Morgan fingerprint density at radius 1 is 1.38 bits per heavy atom. The van der Waals surface area contributed by atoms with Crippen LogP contribution in [0, 0.1) is 12.8 Å². The zero-order valence-electron chi connectivity index (χ0n) is 12.4. The number of nitrogens with one attached hydrogen (secondary N) is 1. The molecule has 3 nitrogen and oxygen atoms in total. The molecule has 0 saturated heterocycles. The third-order valence-corrected chi connectivity index (χ3v) is 5.12. The van der Waals surface area contributed by atoms with E-state index in [-0.39, 0.29) is 5.91 Å². The molecule has 0 radical (unpaired) electrons. The molecule has 1 N–H and O–H groups in total. The van der Waals surface area contributed by atoms with Crippen molar-refractivity contribution in [3.63, 3.8) is 0 Å². The average Bonchev–Trinajstić information content (AvgIpc) is 3.26. The minimum Gasteiger partial charge on any atom is -0.381 e. The van der Waals surface area contributed by atoms with Crippen LogP contribution in [0.3, 0.4) is 0 Å². The van der Waals surface area contributed by atoms with E-state index in [0.717, 1.165) is 36.0 Å². The molecular formula is C17H21NO2S. The number of ether oxygens (including phenoxy) is 1. The van der Waals surface area contributed by atoms with Gasteiger partial charge < -0.3 is 10.1 Å². The number of carbonyl (C=O) groups excluding carboxylic acids is 1. The molecule has 2 aromatic rings. The molecule has 0 aliphatic heterocycles. The van der Waals surface area contributed by atoms with Gasteiger partial charge in [-0.25, -0.2) is 0 Å². The number of amides is 1. The second-order valence-electron chi connectivity index (χ2n) is 5.68. The first-order valence-electron chi connectivity index (χ1n) is 7.60. The standard InChI is InChI=1S/C17H21NO2S/c1-12-14-5-2-3-6-15(14)21-16(12)17(19)18-9-4-10-20-11-13-7-8-13/h2-3,5-6,13H,4,7-11H2,1H3,(H,18,19). The lowest BCUT2D eigenvalue weighted by atomic mass is 10.1.